The molecule has 0 spiro atoms. The van der Waals surface area contributed by atoms with Crippen LogP contribution in [-0.2, 0) is 25.4 Å². The van der Waals surface area contributed by atoms with Crippen LogP contribution in [0.3, 0.4) is 0 Å². The molecule has 2 heterocycles. The van der Waals surface area contributed by atoms with Crippen LogP contribution < -0.4 is 21.9 Å². The molecule has 2 aromatic heterocycles. The van der Waals surface area contributed by atoms with Gasteiger partial charge in [0.25, 0.3) is 5.56 Å². The molecule has 0 aliphatic rings. The van der Waals surface area contributed by atoms with E-state index in [0.29, 0.717) is 24.1 Å². The number of benzene rings is 1. The first-order valence-electron chi connectivity index (χ1n) is 8.81. The van der Waals surface area contributed by atoms with Crippen molar-refractivity contribution in [2.45, 2.75) is 6.54 Å². The van der Waals surface area contributed by atoms with Gasteiger partial charge in [-0.1, -0.05) is 29.8 Å². The molecule has 0 aliphatic carbocycles. The largest absolute Gasteiger partial charge is 0.354 e. The van der Waals surface area contributed by atoms with Gasteiger partial charge in [0, 0.05) is 32.2 Å². The number of carbonyl (C=O) groups is 1. The van der Waals surface area contributed by atoms with Gasteiger partial charge in [-0.2, -0.15) is 4.98 Å². The van der Waals surface area contributed by atoms with E-state index in [4.69, 9.17) is 23.2 Å². The Kier molecular flexibility index (Phi) is 6.29. The van der Waals surface area contributed by atoms with E-state index in [2.05, 4.69) is 15.6 Å². The number of imidazole rings is 1. The Morgan fingerprint density at radius 3 is 2.55 bits per heavy atom. The van der Waals surface area contributed by atoms with Gasteiger partial charge >= 0.3 is 5.69 Å². The first-order valence-corrected chi connectivity index (χ1v) is 9.72. The summed E-state index contributed by atoms with van der Waals surface area (Å²) < 4.78 is 4.04. The zero-order valence-corrected chi connectivity index (χ0v) is 17.4. The predicted molar refractivity (Wildman–Crippen MR) is 113 cm³/mol. The van der Waals surface area contributed by atoms with Crippen LogP contribution in [0.5, 0.6) is 0 Å². The van der Waals surface area contributed by atoms with Crippen LogP contribution in [-0.4, -0.2) is 43.6 Å². The summed E-state index contributed by atoms with van der Waals surface area (Å²) in [5.41, 5.74) is 0.416. The Morgan fingerprint density at radius 2 is 1.86 bits per heavy atom. The number of rotatable bonds is 7. The average Bonchev–Trinajstić information content (AvgIpc) is 3.07. The molecule has 0 radical (unpaired) electrons. The second-order valence-electron chi connectivity index (χ2n) is 6.40. The summed E-state index contributed by atoms with van der Waals surface area (Å²) >= 11 is 11.8. The van der Waals surface area contributed by atoms with E-state index in [-0.39, 0.29) is 29.5 Å². The number of aromatic nitrogens is 4. The van der Waals surface area contributed by atoms with Gasteiger partial charge in [-0.25, -0.2) is 4.79 Å². The predicted octanol–water partition coefficient (Wildman–Crippen LogP) is 0.902. The van der Waals surface area contributed by atoms with E-state index >= 15 is 0 Å². The van der Waals surface area contributed by atoms with E-state index in [0.717, 1.165) is 10.1 Å². The van der Waals surface area contributed by atoms with Crippen LogP contribution in [0.15, 0.2) is 33.9 Å². The smallest absolute Gasteiger partial charge is 0.332 e. The highest BCUT2D eigenvalue weighted by Crippen LogP contribution is 2.21. The summed E-state index contributed by atoms with van der Waals surface area (Å²) in [6.07, 6.45) is 0. The molecule has 29 heavy (non-hydrogen) atoms. The Morgan fingerprint density at radius 1 is 1.14 bits per heavy atom. The number of anilines is 1. The number of halogens is 2. The number of alkyl halides is 1. The van der Waals surface area contributed by atoms with Crippen molar-refractivity contribution in [2.75, 3.05) is 24.3 Å². The molecule has 154 valence electrons. The van der Waals surface area contributed by atoms with Gasteiger partial charge in [0.1, 0.15) is 5.88 Å². The Bertz CT molecular complexity index is 1180. The van der Waals surface area contributed by atoms with Crippen molar-refractivity contribution >= 4 is 46.2 Å². The van der Waals surface area contributed by atoms with Gasteiger partial charge in [0.15, 0.2) is 11.2 Å². The minimum atomic E-state index is -0.467. The van der Waals surface area contributed by atoms with Crippen molar-refractivity contribution in [1.82, 2.24) is 24.0 Å². The standard InChI is InChI=1S/C18H20Cl2N6O3/c1-24-15-14(16(28)25(2)18(24)29)26(10-11-5-3-4-6-12(11)20)17(23-15)22-8-7-21-13(27)9-19/h3-6H,7-10H2,1-2H3,(H,21,27)(H,22,23). The monoisotopic (exact) mass is 438 g/mol. The van der Waals surface area contributed by atoms with Gasteiger partial charge < -0.3 is 10.6 Å². The van der Waals surface area contributed by atoms with Crippen molar-refractivity contribution in [3.63, 3.8) is 0 Å². The van der Waals surface area contributed by atoms with Crippen LogP contribution in [0.4, 0.5) is 5.95 Å². The summed E-state index contributed by atoms with van der Waals surface area (Å²) in [6.45, 7) is 0.945. The SMILES string of the molecule is Cn1c(=O)c2c(nc(NCCNC(=O)CCl)n2Cc2ccccc2Cl)n(C)c1=O. The minimum Gasteiger partial charge on any atom is -0.354 e. The number of nitrogens with zero attached hydrogens (tertiary/aromatic N) is 4. The van der Waals surface area contributed by atoms with Crippen molar-refractivity contribution < 1.29 is 4.79 Å². The van der Waals surface area contributed by atoms with Gasteiger partial charge in [-0.3, -0.25) is 23.3 Å². The summed E-state index contributed by atoms with van der Waals surface area (Å²) in [4.78, 5) is 40.8. The fraction of sp³-hybridized carbons (Fsp3) is 0.333. The molecule has 3 aromatic rings. The van der Waals surface area contributed by atoms with Gasteiger partial charge in [0.2, 0.25) is 11.9 Å². The molecule has 3 rings (SSSR count). The second-order valence-corrected chi connectivity index (χ2v) is 7.08. The lowest BCUT2D eigenvalue weighted by Crippen LogP contribution is -2.37. The third-order valence-corrected chi connectivity index (χ3v) is 5.10. The van der Waals surface area contributed by atoms with Crippen LogP contribution in [0.1, 0.15) is 5.56 Å². The molecule has 0 atom stereocenters. The van der Waals surface area contributed by atoms with Crippen LogP contribution in [0.25, 0.3) is 11.2 Å². The molecule has 0 aliphatic heterocycles. The molecule has 0 bridgehead atoms. The first kappa shape index (κ1) is 20.9. The number of fused-ring (bicyclic) bond motifs is 1. The lowest BCUT2D eigenvalue weighted by Gasteiger charge is -2.12. The van der Waals surface area contributed by atoms with E-state index in [1.165, 1.54) is 11.6 Å². The fourth-order valence-corrected chi connectivity index (χ4v) is 3.25. The fourth-order valence-electron chi connectivity index (χ4n) is 2.96. The third kappa shape index (κ3) is 4.15. The summed E-state index contributed by atoms with van der Waals surface area (Å²) in [5, 5.41) is 6.30. The van der Waals surface area contributed by atoms with Crippen LogP contribution in [0.2, 0.25) is 5.02 Å². The molecule has 1 aromatic carbocycles. The molecule has 9 nitrogen and oxygen atoms in total. The van der Waals surface area contributed by atoms with E-state index in [9.17, 15) is 14.4 Å². The first-order chi connectivity index (χ1) is 13.8. The maximum absolute atomic E-state index is 12.8. The zero-order chi connectivity index (χ0) is 21.1. The van der Waals surface area contributed by atoms with Crippen molar-refractivity contribution in [2.24, 2.45) is 14.1 Å². The molecule has 11 heteroatoms. The Hall–Kier alpha value is -2.78. The number of nitrogens with one attached hydrogen (secondary N) is 2. The van der Waals surface area contributed by atoms with E-state index in [1.807, 2.05) is 18.2 Å². The summed E-state index contributed by atoms with van der Waals surface area (Å²) in [6, 6.07) is 7.28. The number of amides is 1. The summed E-state index contributed by atoms with van der Waals surface area (Å²) in [7, 11) is 2.98. The van der Waals surface area contributed by atoms with E-state index in [1.54, 1.807) is 17.7 Å². The quantitative estimate of drug-likeness (QED) is 0.421. The molecule has 2 N–H and O–H groups in total. The highest BCUT2D eigenvalue weighted by Gasteiger charge is 2.19. The lowest BCUT2D eigenvalue weighted by atomic mass is 10.2. The molecular formula is C18H20Cl2N6O3. The highest BCUT2D eigenvalue weighted by molar-refractivity contribution is 6.31. The van der Waals surface area contributed by atoms with Crippen molar-refractivity contribution in [3.05, 3.63) is 55.7 Å². The third-order valence-electron chi connectivity index (χ3n) is 4.49. The number of hydrogen-bond acceptors (Lipinski definition) is 5. The zero-order valence-electron chi connectivity index (χ0n) is 15.9. The molecule has 1 amide bonds. The molecule has 0 unspecified atom stereocenters. The highest BCUT2D eigenvalue weighted by atomic mass is 35.5. The lowest BCUT2D eigenvalue weighted by molar-refractivity contribution is -0.118. The van der Waals surface area contributed by atoms with Crippen molar-refractivity contribution in [3.8, 4) is 0 Å². The van der Waals surface area contributed by atoms with Gasteiger partial charge in [0.05, 0.1) is 6.54 Å². The molecular weight excluding hydrogens is 419 g/mol. The minimum absolute atomic E-state index is 0.122. The molecule has 0 saturated carbocycles. The maximum atomic E-state index is 12.8. The van der Waals surface area contributed by atoms with Gasteiger partial charge in [-0.15, -0.1) is 11.6 Å². The summed E-state index contributed by atoms with van der Waals surface area (Å²) in [5.74, 6) is -0.0176. The van der Waals surface area contributed by atoms with E-state index < -0.39 is 11.2 Å². The Labute approximate surface area is 175 Å². The maximum Gasteiger partial charge on any atom is 0.332 e. The van der Waals surface area contributed by atoms with Gasteiger partial charge in [-0.05, 0) is 11.6 Å². The normalized spacial score (nSPS) is 11.0. The van der Waals surface area contributed by atoms with Crippen LogP contribution in [0, 0.1) is 0 Å². The molecule has 0 saturated heterocycles. The number of aryl methyl sites for hydroxylation is 1. The van der Waals surface area contributed by atoms with Crippen LogP contribution >= 0.6 is 23.2 Å². The number of hydrogen-bond donors (Lipinski definition) is 2. The topological polar surface area (TPSA) is 103 Å². The van der Waals surface area contributed by atoms with Crippen molar-refractivity contribution in [1.29, 1.82) is 0 Å². The Balaban J connectivity index is 2.06. The number of carbonyl (C=O) groups excluding carboxylic acids is 1. The average molecular weight is 439 g/mol. The molecule has 0 fully saturated rings. The second kappa shape index (κ2) is 8.71.